The maximum absolute atomic E-state index is 14.2. The Kier molecular flexibility index (Phi) is 13.2. The number of aldehydes is 2. The molecule has 0 aromatic heterocycles. The van der Waals surface area contributed by atoms with Crippen LogP contribution < -0.4 is 22.1 Å². The van der Waals surface area contributed by atoms with Gasteiger partial charge in [0, 0.05) is 23.7 Å². The standard InChI is InChI=1S/C34H54N4O4/c1-25-13-14-26(2)30(38-32(42)34(16-6-4-8-20-40)18-10-12-28(22-34)24-36)29(25)37-31(41)33(15-5-3-7-19-39)17-9-11-27(21-33)23-35/h13-14,19-20,27-28H,3-12,15-18,21-24,35-36H2,1-2H3,(H,37,41)(H,38,42). The molecule has 2 fully saturated rings. The molecule has 2 aliphatic carbocycles. The predicted molar refractivity (Wildman–Crippen MR) is 169 cm³/mol. The minimum absolute atomic E-state index is 0.0135. The third kappa shape index (κ3) is 8.50. The van der Waals surface area contributed by atoms with Crippen LogP contribution in [0.2, 0.25) is 0 Å². The number of carbonyl (C=O) groups is 4. The molecule has 8 heteroatoms. The molecule has 0 spiro atoms. The van der Waals surface area contributed by atoms with Gasteiger partial charge in [-0.1, -0.05) is 37.8 Å². The van der Waals surface area contributed by atoms with Crippen molar-refractivity contribution in [3.8, 4) is 0 Å². The summed E-state index contributed by atoms with van der Waals surface area (Å²) in [5, 5.41) is 6.59. The highest BCUT2D eigenvalue weighted by molar-refractivity contribution is 6.04. The molecule has 8 nitrogen and oxygen atoms in total. The fourth-order valence-corrected chi connectivity index (χ4v) is 7.48. The zero-order valence-corrected chi connectivity index (χ0v) is 26.0. The van der Waals surface area contributed by atoms with Crippen LogP contribution >= 0.6 is 0 Å². The Morgan fingerprint density at radius 2 is 1.17 bits per heavy atom. The van der Waals surface area contributed by atoms with Crippen LogP contribution in [0.15, 0.2) is 12.1 Å². The van der Waals surface area contributed by atoms with E-state index < -0.39 is 10.8 Å². The molecule has 4 atom stereocenters. The van der Waals surface area contributed by atoms with Crippen molar-refractivity contribution in [2.24, 2.45) is 34.1 Å². The molecule has 6 N–H and O–H groups in total. The summed E-state index contributed by atoms with van der Waals surface area (Å²) >= 11 is 0. The minimum Gasteiger partial charge on any atom is -0.330 e. The van der Waals surface area contributed by atoms with E-state index in [4.69, 9.17) is 11.5 Å². The van der Waals surface area contributed by atoms with Gasteiger partial charge in [-0.2, -0.15) is 0 Å². The first kappa shape index (κ1) is 33.9. The Labute approximate surface area is 252 Å². The van der Waals surface area contributed by atoms with Crippen LogP contribution in [-0.2, 0) is 19.2 Å². The molecule has 42 heavy (non-hydrogen) atoms. The van der Waals surface area contributed by atoms with E-state index in [2.05, 4.69) is 10.6 Å². The zero-order chi connectivity index (χ0) is 30.6. The summed E-state index contributed by atoms with van der Waals surface area (Å²) in [4.78, 5) is 50.2. The number of hydrogen-bond donors (Lipinski definition) is 4. The van der Waals surface area contributed by atoms with Gasteiger partial charge in [0.05, 0.1) is 11.4 Å². The number of anilines is 2. The number of aryl methyl sites for hydroxylation is 2. The van der Waals surface area contributed by atoms with Crippen LogP contribution in [0.4, 0.5) is 11.4 Å². The summed E-state index contributed by atoms with van der Waals surface area (Å²) in [5.74, 6) is 0.573. The Morgan fingerprint density at radius 1 is 0.762 bits per heavy atom. The summed E-state index contributed by atoms with van der Waals surface area (Å²) in [6.45, 7) is 5.05. The van der Waals surface area contributed by atoms with Crippen molar-refractivity contribution in [2.75, 3.05) is 23.7 Å². The van der Waals surface area contributed by atoms with Gasteiger partial charge in [0.1, 0.15) is 12.6 Å². The maximum atomic E-state index is 14.2. The van der Waals surface area contributed by atoms with Crippen molar-refractivity contribution in [1.29, 1.82) is 0 Å². The first-order chi connectivity index (χ1) is 20.2. The van der Waals surface area contributed by atoms with E-state index in [0.717, 1.165) is 114 Å². The first-order valence-corrected chi connectivity index (χ1v) is 16.2. The lowest BCUT2D eigenvalue weighted by atomic mass is 9.66. The highest BCUT2D eigenvalue weighted by atomic mass is 16.2. The Morgan fingerprint density at radius 3 is 1.52 bits per heavy atom. The molecule has 1 aromatic carbocycles. The van der Waals surface area contributed by atoms with E-state index in [9.17, 15) is 19.2 Å². The molecule has 3 rings (SSSR count). The van der Waals surface area contributed by atoms with E-state index in [1.807, 2.05) is 26.0 Å². The van der Waals surface area contributed by atoms with E-state index >= 15 is 0 Å². The Hall–Kier alpha value is -2.58. The molecule has 0 bridgehead atoms. The summed E-state index contributed by atoms with van der Waals surface area (Å²) in [7, 11) is 0. The molecule has 2 aliphatic rings. The molecular weight excluding hydrogens is 528 g/mol. The summed E-state index contributed by atoms with van der Waals surface area (Å²) in [6.07, 6.45) is 14.6. The van der Waals surface area contributed by atoms with Crippen molar-refractivity contribution in [3.63, 3.8) is 0 Å². The minimum atomic E-state index is -0.542. The Bertz CT molecular complexity index is 993. The molecule has 2 saturated carbocycles. The SMILES string of the molecule is Cc1ccc(C)c(NC(=O)C2(CCCCC=O)CCCC(CN)C2)c1NC(=O)C1(CCCCC=O)CCCC(CN)C1. The van der Waals surface area contributed by atoms with Gasteiger partial charge in [0.2, 0.25) is 11.8 Å². The normalized spacial score (nSPS) is 25.9. The molecule has 234 valence electrons. The third-order valence-corrected chi connectivity index (χ3v) is 10.1. The molecular formula is C34H54N4O4. The molecule has 0 radical (unpaired) electrons. The lowest BCUT2D eigenvalue weighted by Crippen LogP contribution is -2.43. The number of benzene rings is 1. The number of amides is 2. The largest absolute Gasteiger partial charge is 0.330 e. The van der Waals surface area contributed by atoms with Crippen molar-refractivity contribution in [1.82, 2.24) is 0 Å². The highest BCUT2D eigenvalue weighted by Gasteiger charge is 2.44. The lowest BCUT2D eigenvalue weighted by Gasteiger charge is -2.41. The maximum Gasteiger partial charge on any atom is 0.230 e. The second kappa shape index (κ2) is 16.3. The van der Waals surface area contributed by atoms with Crippen molar-refractivity contribution in [3.05, 3.63) is 23.3 Å². The summed E-state index contributed by atoms with van der Waals surface area (Å²) in [5.41, 5.74) is 14.2. The van der Waals surface area contributed by atoms with Crippen molar-refractivity contribution >= 4 is 35.8 Å². The van der Waals surface area contributed by atoms with E-state index in [1.165, 1.54) is 0 Å². The van der Waals surface area contributed by atoms with E-state index in [0.29, 0.717) is 49.1 Å². The van der Waals surface area contributed by atoms with Crippen LogP contribution in [0.25, 0.3) is 0 Å². The summed E-state index contributed by atoms with van der Waals surface area (Å²) in [6, 6.07) is 3.97. The molecule has 4 unspecified atom stereocenters. The Balaban J connectivity index is 1.89. The van der Waals surface area contributed by atoms with Gasteiger partial charge in [0.25, 0.3) is 0 Å². The number of unbranched alkanes of at least 4 members (excludes halogenated alkanes) is 4. The average molecular weight is 583 g/mol. The van der Waals surface area contributed by atoms with Gasteiger partial charge in [0.15, 0.2) is 0 Å². The van der Waals surface area contributed by atoms with Gasteiger partial charge in [-0.05, 0) is 114 Å². The van der Waals surface area contributed by atoms with Gasteiger partial charge in [-0.25, -0.2) is 0 Å². The summed E-state index contributed by atoms with van der Waals surface area (Å²) < 4.78 is 0. The van der Waals surface area contributed by atoms with E-state index in [1.54, 1.807) is 0 Å². The number of carbonyl (C=O) groups excluding carboxylic acids is 4. The monoisotopic (exact) mass is 582 g/mol. The fourth-order valence-electron chi connectivity index (χ4n) is 7.48. The van der Waals surface area contributed by atoms with Gasteiger partial charge >= 0.3 is 0 Å². The number of nitrogens with two attached hydrogens (primary N) is 2. The molecule has 2 amide bonds. The average Bonchev–Trinajstić information content (AvgIpc) is 3.01. The second-order valence-electron chi connectivity index (χ2n) is 13.1. The van der Waals surface area contributed by atoms with Crippen molar-refractivity contribution in [2.45, 2.75) is 117 Å². The molecule has 0 saturated heterocycles. The number of rotatable bonds is 16. The van der Waals surface area contributed by atoms with Crippen LogP contribution in [0.1, 0.15) is 114 Å². The van der Waals surface area contributed by atoms with Gasteiger partial charge in [-0.3, -0.25) is 9.59 Å². The van der Waals surface area contributed by atoms with E-state index in [-0.39, 0.29) is 11.8 Å². The quantitative estimate of drug-likeness (QED) is 0.140. The van der Waals surface area contributed by atoms with Crippen molar-refractivity contribution < 1.29 is 19.2 Å². The molecule has 1 aromatic rings. The number of hydrogen-bond acceptors (Lipinski definition) is 6. The molecule has 0 heterocycles. The van der Waals surface area contributed by atoms with Crippen LogP contribution in [0.5, 0.6) is 0 Å². The zero-order valence-electron chi connectivity index (χ0n) is 26.0. The second-order valence-corrected chi connectivity index (χ2v) is 13.1. The fraction of sp³-hybridized carbons (Fsp3) is 0.706. The lowest BCUT2D eigenvalue weighted by molar-refractivity contribution is -0.129. The first-order valence-electron chi connectivity index (χ1n) is 16.2. The molecule has 0 aliphatic heterocycles. The van der Waals surface area contributed by atoms with Crippen LogP contribution in [0.3, 0.4) is 0 Å². The highest BCUT2D eigenvalue weighted by Crippen LogP contribution is 2.47. The third-order valence-electron chi connectivity index (χ3n) is 10.1. The predicted octanol–water partition coefficient (Wildman–Crippen LogP) is 5.97. The van der Waals surface area contributed by atoms with Gasteiger partial charge < -0.3 is 31.7 Å². The van der Waals surface area contributed by atoms with Crippen LogP contribution in [0, 0.1) is 36.5 Å². The van der Waals surface area contributed by atoms with Gasteiger partial charge in [-0.15, -0.1) is 0 Å². The topological polar surface area (TPSA) is 144 Å². The van der Waals surface area contributed by atoms with Crippen LogP contribution in [-0.4, -0.2) is 37.5 Å². The smallest absolute Gasteiger partial charge is 0.230 e. The number of nitrogens with one attached hydrogen (secondary N) is 2.